The summed E-state index contributed by atoms with van der Waals surface area (Å²) >= 11 is 1.35. The van der Waals surface area contributed by atoms with Crippen LogP contribution < -0.4 is 10.1 Å². The van der Waals surface area contributed by atoms with Crippen LogP contribution in [0.1, 0.15) is 27.3 Å². The van der Waals surface area contributed by atoms with Gasteiger partial charge in [-0.1, -0.05) is 35.6 Å². The van der Waals surface area contributed by atoms with E-state index in [1.54, 1.807) is 22.6 Å². The lowest BCUT2D eigenvalue weighted by molar-refractivity contribution is 0.0697. The zero-order valence-electron chi connectivity index (χ0n) is 16.3. The van der Waals surface area contributed by atoms with Crippen molar-refractivity contribution in [2.75, 3.05) is 0 Å². The van der Waals surface area contributed by atoms with Crippen molar-refractivity contribution in [3.8, 4) is 5.69 Å². The quantitative estimate of drug-likeness (QED) is 0.489. The second-order valence-electron chi connectivity index (χ2n) is 7.12. The number of fused-ring (bicyclic) bond motifs is 3. The van der Waals surface area contributed by atoms with Crippen molar-refractivity contribution >= 4 is 39.4 Å². The highest BCUT2D eigenvalue weighted by Gasteiger charge is 2.17. The Morgan fingerprint density at radius 2 is 1.83 bits per heavy atom. The highest BCUT2D eigenvalue weighted by molar-refractivity contribution is 7.15. The lowest BCUT2D eigenvalue weighted by atomic mass is 10.1. The van der Waals surface area contributed by atoms with Crippen LogP contribution in [0.15, 0.2) is 59.4 Å². The Kier molecular flexibility index (Phi) is 4.08. The van der Waals surface area contributed by atoms with Gasteiger partial charge in [0.2, 0.25) is 0 Å². The molecule has 0 unspecified atom stereocenters. The maximum Gasteiger partial charge on any atom is 0.337 e. The lowest BCUT2D eigenvalue weighted by Crippen LogP contribution is -2.22. The van der Waals surface area contributed by atoms with Crippen LogP contribution in [0.2, 0.25) is 0 Å². The number of carboxylic acids is 1. The van der Waals surface area contributed by atoms with Crippen molar-refractivity contribution in [3.05, 3.63) is 92.0 Å². The van der Waals surface area contributed by atoms with E-state index in [-0.39, 0.29) is 11.1 Å². The highest BCUT2D eigenvalue weighted by atomic mass is 32.1. The minimum atomic E-state index is -0.975. The second kappa shape index (κ2) is 6.67. The smallest absolute Gasteiger partial charge is 0.337 e. The molecule has 2 aromatic carbocycles. The van der Waals surface area contributed by atoms with E-state index in [9.17, 15) is 14.7 Å². The van der Waals surface area contributed by atoms with Crippen molar-refractivity contribution < 1.29 is 9.90 Å². The van der Waals surface area contributed by atoms with Crippen molar-refractivity contribution in [3.63, 3.8) is 0 Å². The Hall–Kier alpha value is -3.71. The van der Waals surface area contributed by atoms with Gasteiger partial charge in [-0.25, -0.2) is 14.2 Å². The van der Waals surface area contributed by atoms with Crippen LogP contribution in [-0.2, 0) is 0 Å². The molecule has 0 saturated carbocycles. The zero-order valence-corrected chi connectivity index (χ0v) is 17.1. The molecule has 3 heterocycles. The predicted molar refractivity (Wildman–Crippen MR) is 118 cm³/mol. The Morgan fingerprint density at radius 3 is 2.63 bits per heavy atom. The van der Waals surface area contributed by atoms with E-state index >= 15 is 0 Å². The van der Waals surface area contributed by atoms with Crippen molar-refractivity contribution in [1.29, 1.82) is 0 Å². The van der Waals surface area contributed by atoms with E-state index in [1.807, 2.05) is 60.9 Å². The van der Waals surface area contributed by atoms with Gasteiger partial charge in [0.15, 0.2) is 4.96 Å². The number of aromatic nitrogens is 3. The van der Waals surface area contributed by atoms with E-state index in [0.29, 0.717) is 15.2 Å². The number of carboxylic acid groups (broad SMARTS) is 1. The van der Waals surface area contributed by atoms with Gasteiger partial charge in [0.05, 0.1) is 26.8 Å². The molecule has 7 heteroatoms. The number of para-hydroxylation sites is 3. The number of aromatic carboxylic acids is 1. The maximum absolute atomic E-state index is 13.0. The second-order valence-corrected chi connectivity index (χ2v) is 8.13. The number of aryl methyl sites for hydroxylation is 1. The third-order valence-corrected chi connectivity index (χ3v) is 6.25. The Balaban J connectivity index is 1.71. The highest BCUT2D eigenvalue weighted by Crippen LogP contribution is 2.24. The van der Waals surface area contributed by atoms with Gasteiger partial charge >= 0.3 is 5.97 Å². The molecular weight excluding hydrogens is 398 g/mol. The molecule has 5 rings (SSSR count). The molecule has 0 amide bonds. The van der Waals surface area contributed by atoms with Crippen molar-refractivity contribution in [2.45, 2.75) is 13.8 Å². The van der Waals surface area contributed by atoms with Crippen LogP contribution in [-0.4, -0.2) is 25.0 Å². The molecule has 1 N–H and O–H groups in total. The van der Waals surface area contributed by atoms with Gasteiger partial charge in [-0.2, -0.15) is 0 Å². The first-order chi connectivity index (χ1) is 14.5. The first-order valence-electron chi connectivity index (χ1n) is 9.39. The number of imidazole rings is 1. The minimum absolute atomic E-state index is 0.0977. The molecule has 0 fully saturated rings. The van der Waals surface area contributed by atoms with Gasteiger partial charge in [0, 0.05) is 11.4 Å². The number of carbonyl (C=O) groups is 1. The van der Waals surface area contributed by atoms with Crippen LogP contribution in [0.4, 0.5) is 0 Å². The summed E-state index contributed by atoms with van der Waals surface area (Å²) in [6.07, 6.45) is 1.86. The molecule has 5 aromatic rings. The molecule has 148 valence electrons. The first kappa shape index (κ1) is 18.3. The standard InChI is InChI=1S/C23H17N3O3S/c1-13-11-15(14(2)25(13)18-9-5-3-7-16(18)22(28)29)12-20-21(27)26-19-10-6-4-8-17(19)24-23(26)30-20/h3-12H,1-2H3,(H,28,29)/b20-12-. The zero-order chi connectivity index (χ0) is 21.0. The van der Waals surface area contributed by atoms with E-state index < -0.39 is 5.97 Å². The van der Waals surface area contributed by atoms with E-state index in [1.165, 1.54) is 11.3 Å². The molecular formula is C23H17N3O3S. The van der Waals surface area contributed by atoms with Gasteiger partial charge in [-0.05, 0) is 55.8 Å². The number of benzene rings is 2. The van der Waals surface area contributed by atoms with Crippen molar-refractivity contribution in [1.82, 2.24) is 14.0 Å². The first-order valence-corrected chi connectivity index (χ1v) is 10.2. The summed E-state index contributed by atoms with van der Waals surface area (Å²) in [5, 5.41) is 9.56. The van der Waals surface area contributed by atoms with Crippen molar-refractivity contribution in [2.24, 2.45) is 0 Å². The number of hydrogen-bond acceptors (Lipinski definition) is 4. The molecule has 6 nitrogen and oxygen atoms in total. The topological polar surface area (TPSA) is 76.6 Å². The molecule has 0 aliphatic carbocycles. The Bertz CT molecular complexity index is 1570. The Morgan fingerprint density at radius 1 is 1.10 bits per heavy atom. The summed E-state index contributed by atoms with van der Waals surface area (Å²) in [4.78, 5) is 29.9. The normalized spacial score (nSPS) is 12.3. The molecule has 0 atom stereocenters. The van der Waals surface area contributed by atoms with Gasteiger partial charge in [0.25, 0.3) is 5.56 Å². The van der Waals surface area contributed by atoms with Crippen LogP contribution in [0.3, 0.4) is 0 Å². The summed E-state index contributed by atoms with van der Waals surface area (Å²) < 4.78 is 4.15. The average Bonchev–Trinajstić information content (AvgIpc) is 3.33. The van der Waals surface area contributed by atoms with E-state index in [4.69, 9.17) is 0 Å². The average molecular weight is 415 g/mol. The molecule has 0 bridgehead atoms. The van der Waals surface area contributed by atoms with E-state index in [2.05, 4.69) is 4.98 Å². The van der Waals surface area contributed by atoms with Gasteiger partial charge in [0.1, 0.15) is 0 Å². The summed E-state index contributed by atoms with van der Waals surface area (Å²) in [7, 11) is 0. The summed E-state index contributed by atoms with van der Waals surface area (Å²) in [6, 6.07) is 16.5. The molecule has 30 heavy (non-hydrogen) atoms. The van der Waals surface area contributed by atoms with Gasteiger partial charge in [-0.3, -0.25) is 4.79 Å². The molecule has 0 spiro atoms. The van der Waals surface area contributed by atoms with Gasteiger partial charge in [-0.15, -0.1) is 0 Å². The summed E-state index contributed by atoms with van der Waals surface area (Å²) in [5.41, 5.74) is 4.98. The molecule has 0 aliphatic heterocycles. The fraction of sp³-hybridized carbons (Fsp3) is 0.0870. The number of hydrogen-bond donors (Lipinski definition) is 1. The fourth-order valence-corrected chi connectivity index (χ4v) is 4.88. The number of rotatable bonds is 3. The van der Waals surface area contributed by atoms with Crippen LogP contribution in [0, 0.1) is 13.8 Å². The van der Waals surface area contributed by atoms with Gasteiger partial charge < -0.3 is 9.67 Å². The predicted octanol–water partition coefficient (Wildman–Crippen LogP) is 3.56. The van der Waals surface area contributed by atoms with Crippen LogP contribution >= 0.6 is 11.3 Å². The summed E-state index contributed by atoms with van der Waals surface area (Å²) in [6.45, 7) is 3.85. The van der Waals surface area contributed by atoms with Crippen LogP contribution in [0.5, 0.6) is 0 Å². The largest absolute Gasteiger partial charge is 0.478 e. The third kappa shape index (κ3) is 2.67. The molecule has 3 aromatic heterocycles. The molecule has 0 saturated heterocycles. The summed E-state index contributed by atoms with van der Waals surface area (Å²) in [5.74, 6) is -0.975. The monoisotopic (exact) mass is 415 g/mol. The molecule has 0 aliphatic rings. The van der Waals surface area contributed by atoms with E-state index in [0.717, 1.165) is 28.0 Å². The lowest BCUT2D eigenvalue weighted by Gasteiger charge is -2.12. The van der Waals surface area contributed by atoms with Crippen LogP contribution in [0.25, 0.3) is 27.8 Å². The minimum Gasteiger partial charge on any atom is -0.478 e. The Labute approximate surface area is 175 Å². The fourth-order valence-electron chi connectivity index (χ4n) is 3.91. The number of nitrogens with zero attached hydrogens (tertiary/aromatic N) is 3. The number of thiazole rings is 1. The molecule has 0 radical (unpaired) electrons. The third-order valence-electron chi connectivity index (χ3n) is 5.28. The maximum atomic E-state index is 13.0. The SMILES string of the molecule is Cc1cc(/C=c2\sc3nc4ccccc4n3c2=O)c(C)n1-c1ccccc1C(=O)O.